The summed E-state index contributed by atoms with van der Waals surface area (Å²) in [6.07, 6.45) is 2.03. The third kappa shape index (κ3) is 4.54. The van der Waals surface area contributed by atoms with Gasteiger partial charge in [-0.1, -0.05) is 47.8 Å². The summed E-state index contributed by atoms with van der Waals surface area (Å²) in [5.41, 5.74) is 10.6. The van der Waals surface area contributed by atoms with Crippen LogP contribution in [0.15, 0.2) is 58.3 Å². The van der Waals surface area contributed by atoms with Gasteiger partial charge >= 0.3 is 0 Å². The van der Waals surface area contributed by atoms with Crippen LogP contribution < -0.4 is 0 Å². The number of rotatable bonds is 7. The van der Waals surface area contributed by atoms with Crippen LogP contribution in [0.3, 0.4) is 0 Å². The van der Waals surface area contributed by atoms with Crippen molar-refractivity contribution in [3.8, 4) is 0 Å². The molecule has 22 heavy (non-hydrogen) atoms. The summed E-state index contributed by atoms with van der Waals surface area (Å²) in [6.45, 7) is 7.72. The van der Waals surface area contributed by atoms with Crippen LogP contribution in [-0.2, 0) is 0 Å². The molecule has 2 aromatic carbocycles. The van der Waals surface area contributed by atoms with E-state index in [2.05, 4.69) is 24.3 Å². The zero-order valence-electron chi connectivity index (χ0n) is 12.6. The molecule has 0 radical (unpaired) electrons. The summed E-state index contributed by atoms with van der Waals surface area (Å²) in [4.78, 5) is 2.09. The molecule has 0 aliphatic rings. The molecule has 0 saturated heterocycles. The van der Waals surface area contributed by atoms with Gasteiger partial charge in [0, 0.05) is 0 Å². The zero-order valence-corrected chi connectivity index (χ0v) is 14.3. The fraction of sp³-hybridized carbons (Fsp3) is 0.125. The minimum Gasteiger partial charge on any atom is -0.410 e. The summed E-state index contributed by atoms with van der Waals surface area (Å²) in [6, 6.07) is 15.8. The third-order valence-corrected chi connectivity index (χ3v) is 4.27. The van der Waals surface area contributed by atoms with Gasteiger partial charge in [0.25, 0.3) is 0 Å². The van der Waals surface area contributed by atoms with Gasteiger partial charge < -0.3 is 10.9 Å². The van der Waals surface area contributed by atoms with E-state index in [1.54, 1.807) is 22.9 Å². The Labute approximate surface area is 140 Å². The molecule has 0 unspecified atom stereocenters. The average Bonchev–Trinajstić information content (AvgIpc) is 2.49. The molecular weight excluding hydrogens is 312 g/mol. The summed E-state index contributed by atoms with van der Waals surface area (Å²) < 4.78 is 3.14. The van der Waals surface area contributed by atoms with Crippen molar-refractivity contribution < 1.29 is 8.77 Å². The van der Waals surface area contributed by atoms with Gasteiger partial charge in [0.05, 0.1) is 4.90 Å². The van der Waals surface area contributed by atoms with Gasteiger partial charge in [0.2, 0.25) is 0 Å². The molecule has 0 bridgehead atoms. The second-order valence-corrected chi connectivity index (χ2v) is 6.33. The second kappa shape index (κ2) is 7.91. The minimum absolute atomic E-state index is 0.840. The SMILES string of the molecule is C=[N+](C)[N-]c1ccccc1S[N+](=C)[N-]c1ccccc1SC. The Hall–Kier alpha value is -1.92. The summed E-state index contributed by atoms with van der Waals surface area (Å²) >= 11 is 3.09. The van der Waals surface area contributed by atoms with E-state index in [0.29, 0.717) is 0 Å². The Balaban J connectivity index is 2.11. The van der Waals surface area contributed by atoms with Crippen molar-refractivity contribution in [3.05, 3.63) is 59.4 Å². The molecule has 4 nitrogen and oxygen atoms in total. The van der Waals surface area contributed by atoms with Crippen molar-refractivity contribution in [1.29, 1.82) is 0 Å². The number of nitrogens with zero attached hydrogens (tertiary/aromatic N) is 4. The zero-order chi connectivity index (χ0) is 15.9. The van der Waals surface area contributed by atoms with E-state index < -0.39 is 0 Å². The summed E-state index contributed by atoms with van der Waals surface area (Å²) in [5, 5.41) is 0. The van der Waals surface area contributed by atoms with E-state index in [1.165, 1.54) is 16.6 Å². The van der Waals surface area contributed by atoms with Crippen molar-refractivity contribution in [2.75, 3.05) is 13.3 Å². The molecular formula is C16H18N4S2. The van der Waals surface area contributed by atoms with Crippen LogP contribution in [0.4, 0.5) is 11.4 Å². The highest BCUT2D eigenvalue weighted by molar-refractivity contribution is 7.98. The first-order valence-electron chi connectivity index (χ1n) is 6.58. The predicted molar refractivity (Wildman–Crippen MR) is 97.2 cm³/mol. The lowest BCUT2D eigenvalue weighted by molar-refractivity contribution is -0.428. The van der Waals surface area contributed by atoms with Crippen LogP contribution in [0.25, 0.3) is 10.9 Å². The first-order chi connectivity index (χ1) is 10.6. The van der Waals surface area contributed by atoms with Crippen molar-refractivity contribution in [2.45, 2.75) is 9.79 Å². The second-order valence-electron chi connectivity index (χ2n) is 4.44. The maximum atomic E-state index is 4.54. The fourth-order valence-corrected chi connectivity index (χ4v) is 3.00. The van der Waals surface area contributed by atoms with Crippen molar-refractivity contribution in [1.82, 2.24) is 0 Å². The van der Waals surface area contributed by atoms with Gasteiger partial charge in [-0.05, 0) is 23.3 Å². The van der Waals surface area contributed by atoms with E-state index in [0.717, 1.165) is 21.2 Å². The monoisotopic (exact) mass is 330 g/mol. The highest BCUT2D eigenvalue weighted by atomic mass is 32.2. The van der Waals surface area contributed by atoms with E-state index in [4.69, 9.17) is 0 Å². The van der Waals surface area contributed by atoms with Crippen molar-refractivity contribution in [3.63, 3.8) is 0 Å². The highest BCUT2D eigenvalue weighted by Crippen LogP contribution is 2.37. The average molecular weight is 330 g/mol. The summed E-state index contributed by atoms with van der Waals surface area (Å²) in [7, 11) is 1.79. The number of hydrogen-bond acceptors (Lipinski definition) is 2. The Bertz CT molecular complexity index is 685. The maximum absolute atomic E-state index is 4.54. The molecule has 0 atom stereocenters. The fourth-order valence-electron chi connectivity index (χ4n) is 1.77. The van der Waals surface area contributed by atoms with E-state index in [1.807, 2.05) is 54.8 Å². The van der Waals surface area contributed by atoms with Gasteiger partial charge in [0.1, 0.15) is 20.5 Å². The standard InChI is InChI=1S/C16H18N4S2/c1-19(2)17-14-10-6-8-12-16(14)22-20(3)18-13-9-5-7-11-15(13)21-4/h5-12H,1,3H2,2,4H3. The van der Waals surface area contributed by atoms with Crippen molar-refractivity contribution >= 4 is 48.5 Å². The lowest BCUT2D eigenvalue weighted by Gasteiger charge is -2.20. The van der Waals surface area contributed by atoms with E-state index in [9.17, 15) is 0 Å². The van der Waals surface area contributed by atoms with Gasteiger partial charge in [0.15, 0.2) is 11.9 Å². The van der Waals surface area contributed by atoms with Crippen LogP contribution in [0.5, 0.6) is 0 Å². The first-order valence-corrected chi connectivity index (χ1v) is 8.58. The third-order valence-electron chi connectivity index (χ3n) is 2.65. The van der Waals surface area contributed by atoms with Crippen LogP contribution in [0.2, 0.25) is 0 Å². The lowest BCUT2D eigenvalue weighted by atomic mass is 10.3. The molecule has 2 aromatic rings. The van der Waals surface area contributed by atoms with Gasteiger partial charge in [-0.15, -0.1) is 11.8 Å². The van der Waals surface area contributed by atoms with Crippen LogP contribution in [-0.4, -0.2) is 35.5 Å². The molecule has 0 aliphatic heterocycles. The maximum Gasteiger partial charge on any atom is 0.190 e. The smallest absolute Gasteiger partial charge is 0.190 e. The van der Waals surface area contributed by atoms with Gasteiger partial charge in [-0.2, -0.15) is 0 Å². The number of benzene rings is 2. The van der Waals surface area contributed by atoms with Gasteiger partial charge in [-0.3, -0.25) is 4.68 Å². The molecule has 0 N–H and O–H groups in total. The normalized spacial score (nSPS) is 10.1. The Morgan fingerprint density at radius 2 is 1.41 bits per heavy atom. The Morgan fingerprint density at radius 1 is 0.864 bits per heavy atom. The first kappa shape index (κ1) is 16.5. The van der Waals surface area contributed by atoms with Crippen LogP contribution >= 0.6 is 23.7 Å². The van der Waals surface area contributed by atoms with E-state index >= 15 is 0 Å². The molecule has 114 valence electrons. The number of thioether (sulfide) groups is 1. The predicted octanol–water partition coefficient (Wildman–Crippen LogP) is 5.01. The molecule has 2 rings (SSSR count). The highest BCUT2D eigenvalue weighted by Gasteiger charge is 2.04. The molecule has 0 heterocycles. The minimum atomic E-state index is 0.840. The van der Waals surface area contributed by atoms with Gasteiger partial charge in [-0.25, -0.2) is 4.09 Å². The largest absolute Gasteiger partial charge is 0.410 e. The van der Waals surface area contributed by atoms with Crippen molar-refractivity contribution in [2.24, 2.45) is 0 Å². The molecule has 6 heteroatoms. The lowest BCUT2D eigenvalue weighted by Crippen LogP contribution is -1.95. The molecule has 0 saturated carbocycles. The molecule has 0 amide bonds. The molecule has 0 spiro atoms. The number of hydrogen-bond donors (Lipinski definition) is 0. The Kier molecular flexibility index (Phi) is 5.91. The Morgan fingerprint density at radius 3 is 2.00 bits per heavy atom. The van der Waals surface area contributed by atoms with Crippen LogP contribution in [0.1, 0.15) is 0 Å². The summed E-state index contributed by atoms with van der Waals surface area (Å²) in [5.74, 6) is 0. The van der Waals surface area contributed by atoms with Crippen LogP contribution in [0, 0.1) is 0 Å². The topological polar surface area (TPSA) is 34.2 Å². The molecule has 0 aliphatic carbocycles. The van der Waals surface area contributed by atoms with E-state index in [-0.39, 0.29) is 0 Å². The molecule has 0 aromatic heterocycles. The molecule has 0 fully saturated rings. The quantitative estimate of drug-likeness (QED) is 0.235.